The molecule has 0 aromatic heterocycles. The van der Waals surface area contributed by atoms with Crippen LogP contribution in [0.25, 0.3) is 0 Å². The van der Waals surface area contributed by atoms with Gasteiger partial charge in [-0.3, -0.25) is 0 Å². The molecule has 0 aliphatic heterocycles. The minimum atomic E-state index is -0.241. The van der Waals surface area contributed by atoms with Crippen molar-refractivity contribution in [2.45, 2.75) is 39.2 Å². The average molecular weight is 219 g/mol. The number of hydrogen-bond acceptors (Lipinski definition) is 2. The first kappa shape index (κ1) is 11.5. The third kappa shape index (κ3) is 2.07. The second kappa shape index (κ2) is 4.88. The van der Waals surface area contributed by atoms with Crippen LogP contribution in [0, 0.1) is 0 Å². The maximum atomic E-state index is 9.89. The normalized spacial score (nSPS) is 19.3. The minimum Gasteiger partial charge on any atom is -0.388 e. The fraction of sp³-hybridized carbons (Fsp3) is 0.571. The molecule has 1 N–H and O–H groups in total. The molecule has 1 atom stereocenters. The number of aliphatic hydroxyl groups is 1. The molecule has 0 spiro atoms. The molecule has 2 rings (SSSR count). The number of fused-ring (bicyclic) bond motifs is 1. The van der Waals surface area contributed by atoms with Crippen molar-refractivity contribution >= 4 is 5.69 Å². The number of aryl methyl sites for hydroxylation is 1. The third-order valence-electron chi connectivity index (χ3n) is 3.54. The summed E-state index contributed by atoms with van der Waals surface area (Å²) in [5.74, 6) is 0. The molecule has 1 unspecified atom stereocenters. The van der Waals surface area contributed by atoms with Gasteiger partial charge in [0.05, 0.1) is 6.10 Å². The van der Waals surface area contributed by atoms with Crippen molar-refractivity contribution < 1.29 is 5.11 Å². The number of hydrogen-bond donors (Lipinski definition) is 1. The van der Waals surface area contributed by atoms with Crippen molar-refractivity contribution in [3.8, 4) is 0 Å². The second-order valence-corrected chi connectivity index (χ2v) is 4.46. The Morgan fingerprint density at radius 1 is 1.31 bits per heavy atom. The van der Waals surface area contributed by atoms with Crippen molar-refractivity contribution in [3.63, 3.8) is 0 Å². The Morgan fingerprint density at radius 2 is 2.06 bits per heavy atom. The number of rotatable bonds is 3. The minimum absolute atomic E-state index is 0.241. The summed E-state index contributed by atoms with van der Waals surface area (Å²) in [4.78, 5) is 2.35. The molecule has 1 aliphatic rings. The molecule has 0 bridgehead atoms. The fourth-order valence-corrected chi connectivity index (χ4v) is 2.56. The lowest BCUT2D eigenvalue weighted by molar-refractivity contribution is 0.156. The summed E-state index contributed by atoms with van der Waals surface area (Å²) < 4.78 is 0. The number of aliphatic hydroxyl groups excluding tert-OH is 1. The van der Waals surface area contributed by atoms with Gasteiger partial charge in [0.1, 0.15) is 0 Å². The highest BCUT2D eigenvalue weighted by molar-refractivity contribution is 5.52. The third-order valence-corrected chi connectivity index (χ3v) is 3.54. The van der Waals surface area contributed by atoms with E-state index in [0.717, 1.165) is 37.9 Å². The molecule has 1 aliphatic carbocycles. The Balaban J connectivity index is 2.31. The molecule has 88 valence electrons. The van der Waals surface area contributed by atoms with Crippen molar-refractivity contribution in [3.05, 3.63) is 29.3 Å². The molecule has 1 aromatic carbocycles. The van der Waals surface area contributed by atoms with Crippen molar-refractivity contribution in [1.29, 1.82) is 0 Å². The number of nitrogens with zero attached hydrogens (tertiary/aromatic N) is 1. The Bertz CT molecular complexity index is 358. The van der Waals surface area contributed by atoms with Gasteiger partial charge in [-0.25, -0.2) is 0 Å². The van der Waals surface area contributed by atoms with E-state index in [1.54, 1.807) is 0 Å². The molecule has 0 saturated carbocycles. The quantitative estimate of drug-likeness (QED) is 0.845. The molecule has 0 heterocycles. The summed E-state index contributed by atoms with van der Waals surface area (Å²) >= 11 is 0. The summed E-state index contributed by atoms with van der Waals surface area (Å²) in [6.07, 6.45) is 2.89. The molecule has 0 amide bonds. The molecule has 1 aromatic rings. The Kier molecular flexibility index (Phi) is 3.49. The van der Waals surface area contributed by atoms with Crippen molar-refractivity contribution in [1.82, 2.24) is 0 Å². The number of anilines is 1. The first-order valence-electron chi connectivity index (χ1n) is 6.32. The SMILES string of the molecule is CCN(CC)c1ccc2c(c1)CCCC2O. The summed E-state index contributed by atoms with van der Waals surface area (Å²) in [5, 5.41) is 9.89. The first-order chi connectivity index (χ1) is 7.76. The molecule has 2 heteroatoms. The van der Waals surface area contributed by atoms with E-state index in [1.165, 1.54) is 11.3 Å². The predicted octanol–water partition coefficient (Wildman–Crippen LogP) is 2.90. The summed E-state index contributed by atoms with van der Waals surface area (Å²) in [6.45, 7) is 6.44. The van der Waals surface area contributed by atoms with Gasteiger partial charge in [-0.2, -0.15) is 0 Å². The van der Waals surface area contributed by atoms with Crippen molar-refractivity contribution in [2.24, 2.45) is 0 Å². The highest BCUT2D eigenvalue weighted by Crippen LogP contribution is 2.32. The summed E-state index contributed by atoms with van der Waals surface area (Å²) in [7, 11) is 0. The van der Waals surface area contributed by atoms with Crippen LogP contribution in [-0.2, 0) is 6.42 Å². The molecular weight excluding hydrogens is 198 g/mol. The molecule has 0 radical (unpaired) electrons. The van der Waals surface area contributed by atoms with Gasteiger partial charge in [0.2, 0.25) is 0 Å². The first-order valence-corrected chi connectivity index (χ1v) is 6.32. The number of benzene rings is 1. The van der Waals surface area contributed by atoms with Crippen molar-refractivity contribution in [2.75, 3.05) is 18.0 Å². The van der Waals surface area contributed by atoms with Crippen LogP contribution in [0.15, 0.2) is 18.2 Å². The molecule has 0 fully saturated rings. The highest BCUT2D eigenvalue weighted by atomic mass is 16.3. The standard InChI is InChI=1S/C14H21NO/c1-3-15(4-2)12-8-9-13-11(10-12)6-5-7-14(13)16/h8-10,14,16H,3-7H2,1-2H3. The molecular formula is C14H21NO. The summed E-state index contributed by atoms with van der Waals surface area (Å²) in [5.41, 5.74) is 3.77. The van der Waals surface area contributed by atoms with E-state index in [2.05, 4.69) is 36.9 Å². The van der Waals surface area contributed by atoms with Gasteiger partial charge in [-0.1, -0.05) is 6.07 Å². The lowest BCUT2D eigenvalue weighted by Crippen LogP contribution is -2.22. The largest absolute Gasteiger partial charge is 0.388 e. The molecule has 2 nitrogen and oxygen atoms in total. The second-order valence-electron chi connectivity index (χ2n) is 4.46. The van der Waals surface area contributed by atoms with Gasteiger partial charge in [0.15, 0.2) is 0 Å². The van der Waals surface area contributed by atoms with E-state index in [0.29, 0.717) is 0 Å². The average Bonchev–Trinajstić information content (AvgIpc) is 2.31. The maximum absolute atomic E-state index is 9.89. The highest BCUT2D eigenvalue weighted by Gasteiger charge is 2.18. The van der Waals surface area contributed by atoms with Crippen LogP contribution >= 0.6 is 0 Å². The van der Waals surface area contributed by atoms with E-state index in [4.69, 9.17) is 0 Å². The Labute approximate surface area is 97.9 Å². The molecule has 16 heavy (non-hydrogen) atoms. The zero-order valence-electron chi connectivity index (χ0n) is 10.2. The van der Waals surface area contributed by atoms with Crippen LogP contribution in [0.3, 0.4) is 0 Å². The predicted molar refractivity (Wildman–Crippen MR) is 67.9 cm³/mol. The smallest absolute Gasteiger partial charge is 0.0792 e. The lowest BCUT2D eigenvalue weighted by atomic mass is 9.89. The van der Waals surface area contributed by atoms with Gasteiger partial charge >= 0.3 is 0 Å². The van der Waals surface area contributed by atoms with E-state index in [9.17, 15) is 5.11 Å². The summed E-state index contributed by atoms with van der Waals surface area (Å²) in [6, 6.07) is 6.50. The zero-order chi connectivity index (χ0) is 11.5. The van der Waals surface area contributed by atoms with Crippen LogP contribution < -0.4 is 4.90 Å². The van der Waals surface area contributed by atoms with Gasteiger partial charge in [0, 0.05) is 18.8 Å². The topological polar surface area (TPSA) is 23.5 Å². The monoisotopic (exact) mass is 219 g/mol. The van der Waals surface area contributed by atoms with Crippen LogP contribution in [0.5, 0.6) is 0 Å². The maximum Gasteiger partial charge on any atom is 0.0792 e. The van der Waals surface area contributed by atoms with E-state index in [-0.39, 0.29) is 6.10 Å². The van der Waals surface area contributed by atoms with E-state index < -0.39 is 0 Å². The van der Waals surface area contributed by atoms with Crippen LogP contribution in [-0.4, -0.2) is 18.2 Å². The van der Waals surface area contributed by atoms with Crippen LogP contribution in [0.1, 0.15) is 43.9 Å². The molecule has 0 saturated heterocycles. The van der Waals surface area contributed by atoms with Gasteiger partial charge in [-0.15, -0.1) is 0 Å². The van der Waals surface area contributed by atoms with Gasteiger partial charge < -0.3 is 10.0 Å². The Hall–Kier alpha value is -1.02. The van der Waals surface area contributed by atoms with E-state index >= 15 is 0 Å². The lowest BCUT2D eigenvalue weighted by Gasteiger charge is -2.26. The van der Waals surface area contributed by atoms with E-state index in [1.807, 2.05) is 0 Å². The van der Waals surface area contributed by atoms with Gasteiger partial charge in [-0.05, 0) is 56.4 Å². The Morgan fingerprint density at radius 3 is 2.75 bits per heavy atom. The van der Waals surface area contributed by atoms with Crippen LogP contribution in [0.4, 0.5) is 5.69 Å². The van der Waals surface area contributed by atoms with Crippen LogP contribution in [0.2, 0.25) is 0 Å². The zero-order valence-corrected chi connectivity index (χ0v) is 10.2. The van der Waals surface area contributed by atoms with Gasteiger partial charge in [0.25, 0.3) is 0 Å². The fourth-order valence-electron chi connectivity index (χ4n) is 2.56.